The Balaban J connectivity index is 0.000000720. The lowest BCUT2D eigenvalue weighted by Gasteiger charge is -2.17. The minimum absolute atomic E-state index is 0. The van der Waals surface area contributed by atoms with E-state index in [-0.39, 0.29) is 13.2 Å². The molecule has 0 amide bonds. The fourth-order valence-electron chi connectivity index (χ4n) is 1.28. The predicted molar refractivity (Wildman–Crippen MR) is 51.5 cm³/mol. The first-order valence-corrected chi connectivity index (χ1v) is 3.74. The third kappa shape index (κ3) is 1.37. The van der Waals surface area contributed by atoms with Crippen molar-refractivity contribution in [2.45, 2.75) is 27.0 Å². The second-order valence-electron chi connectivity index (χ2n) is 3.23. The minimum atomic E-state index is -0.246. The van der Waals surface area contributed by atoms with Gasteiger partial charge in [0.1, 0.15) is 5.75 Å². The number of rotatable bonds is 0. The van der Waals surface area contributed by atoms with Crippen molar-refractivity contribution in [2.24, 2.45) is 0 Å². The monoisotopic (exact) mass is 165 g/mol. The molecule has 2 nitrogen and oxygen atoms in total. The van der Waals surface area contributed by atoms with Gasteiger partial charge in [-0.1, -0.05) is 19.6 Å². The van der Waals surface area contributed by atoms with Crippen LogP contribution in [0.15, 0.2) is 24.3 Å². The van der Waals surface area contributed by atoms with Crippen molar-refractivity contribution in [1.82, 2.24) is 0 Å². The minimum Gasteiger partial charge on any atom is -0.467 e. The number of ether oxygens (including phenoxy) is 1. The molecule has 0 aliphatic carbocycles. The van der Waals surface area contributed by atoms with Gasteiger partial charge in [-0.3, -0.25) is 0 Å². The van der Waals surface area contributed by atoms with Gasteiger partial charge in [0.05, 0.1) is 5.69 Å². The summed E-state index contributed by atoms with van der Waals surface area (Å²) in [6.07, 6.45) is 0. The molecule has 0 saturated carbocycles. The van der Waals surface area contributed by atoms with Crippen LogP contribution >= 0.6 is 0 Å². The summed E-state index contributed by atoms with van der Waals surface area (Å²) in [7, 11) is 0. The largest absolute Gasteiger partial charge is 0.467 e. The molecule has 0 unspecified atom stereocenters. The maximum Gasteiger partial charge on any atom is 0.175 e. The second-order valence-corrected chi connectivity index (χ2v) is 3.23. The molecule has 2 heteroatoms. The van der Waals surface area contributed by atoms with Crippen molar-refractivity contribution in [3.05, 3.63) is 24.3 Å². The number of anilines is 1. The number of hydrogen-bond donors (Lipinski definition) is 1. The standard InChI is InChI=1S/C9H11NO.CH4/c1-9(2)10-7-5-3-4-6-8(7)11-9;/h3-6,10H,1-2H3;1H4. The molecule has 1 aromatic carbocycles. The van der Waals surface area contributed by atoms with Crippen molar-refractivity contribution in [2.75, 3.05) is 5.32 Å². The van der Waals surface area contributed by atoms with Crippen molar-refractivity contribution in [3.63, 3.8) is 0 Å². The van der Waals surface area contributed by atoms with Gasteiger partial charge >= 0.3 is 0 Å². The molecular weight excluding hydrogens is 150 g/mol. The normalized spacial score (nSPS) is 16.8. The van der Waals surface area contributed by atoms with Gasteiger partial charge in [-0.05, 0) is 26.0 Å². The van der Waals surface area contributed by atoms with Gasteiger partial charge in [0, 0.05) is 0 Å². The van der Waals surface area contributed by atoms with E-state index in [2.05, 4.69) is 5.32 Å². The van der Waals surface area contributed by atoms with E-state index < -0.39 is 0 Å². The molecule has 2 rings (SSSR count). The SMILES string of the molecule is C.CC1(C)Nc2ccccc2O1. The molecule has 0 aromatic heterocycles. The molecule has 0 saturated heterocycles. The van der Waals surface area contributed by atoms with Crippen LogP contribution in [-0.2, 0) is 0 Å². The van der Waals surface area contributed by atoms with Crippen molar-refractivity contribution < 1.29 is 4.74 Å². The van der Waals surface area contributed by atoms with Crippen molar-refractivity contribution >= 4 is 5.69 Å². The maximum absolute atomic E-state index is 5.58. The quantitative estimate of drug-likeness (QED) is 0.638. The van der Waals surface area contributed by atoms with E-state index in [9.17, 15) is 0 Å². The molecule has 0 bridgehead atoms. The summed E-state index contributed by atoms with van der Waals surface area (Å²) in [6.45, 7) is 4.01. The number of hydrogen-bond acceptors (Lipinski definition) is 2. The van der Waals surface area contributed by atoms with Crippen LogP contribution in [0, 0.1) is 0 Å². The summed E-state index contributed by atoms with van der Waals surface area (Å²) < 4.78 is 5.58. The number of para-hydroxylation sites is 2. The zero-order chi connectivity index (χ0) is 7.90. The van der Waals surface area contributed by atoms with Gasteiger partial charge < -0.3 is 10.1 Å². The van der Waals surface area contributed by atoms with Crippen LogP contribution in [0.2, 0.25) is 0 Å². The van der Waals surface area contributed by atoms with E-state index in [1.165, 1.54) is 0 Å². The average Bonchev–Trinajstić information content (AvgIpc) is 2.21. The number of nitrogens with one attached hydrogen (secondary N) is 1. The third-order valence-corrected chi connectivity index (χ3v) is 1.69. The Morgan fingerprint density at radius 2 is 1.92 bits per heavy atom. The summed E-state index contributed by atoms with van der Waals surface area (Å²) in [5, 5.41) is 3.25. The van der Waals surface area contributed by atoms with Crippen LogP contribution in [0.3, 0.4) is 0 Å². The topological polar surface area (TPSA) is 21.3 Å². The van der Waals surface area contributed by atoms with Crippen molar-refractivity contribution in [1.29, 1.82) is 0 Å². The van der Waals surface area contributed by atoms with Gasteiger partial charge in [0.25, 0.3) is 0 Å². The molecule has 0 fully saturated rings. The van der Waals surface area contributed by atoms with Crippen LogP contribution in [-0.4, -0.2) is 5.72 Å². The molecule has 1 aromatic rings. The van der Waals surface area contributed by atoms with E-state index in [1.54, 1.807) is 0 Å². The number of fused-ring (bicyclic) bond motifs is 1. The first-order chi connectivity index (χ1) is 5.17. The first-order valence-electron chi connectivity index (χ1n) is 3.74. The van der Waals surface area contributed by atoms with Crippen LogP contribution < -0.4 is 10.1 Å². The Bertz CT molecular complexity index is 254. The Hall–Kier alpha value is -1.18. The Labute approximate surface area is 73.6 Å². The summed E-state index contributed by atoms with van der Waals surface area (Å²) in [5.74, 6) is 0.942. The summed E-state index contributed by atoms with van der Waals surface area (Å²) in [4.78, 5) is 0. The molecule has 0 spiro atoms. The molecule has 1 aliphatic heterocycles. The molecule has 0 radical (unpaired) electrons. The molecule has 12 heavy (non-hydrogen) atoms. The van der Waals surface area contributed by atoms with E-state index in [0.717, 1.165) is 11.4 Å². The smallest absolute Gasteiger partial charge is 0.175 e. The zero-order valence-corrected chi connectivity index (χ0v) is 6.72. The van der Waals surface area contributed by atoms with E-state index in [1.807, 2.05) is 38.1 Å². The van der Waals surface area contributed by atoms with Crippen LogP contribution in [0.5, 0.6) is 5.75 Å². The maximum atomic E-state index is 5.58. The number of benzene rings is 1. The highest BCUT2D eigenvalue weighted by Gasteiger charge is 2.27. The fourth-order valence-corrected chi connectivity index (χ4v) is 1.28. The summed E-state index contributed by atoms with van der Waals surface area (Å²) >= 11 is 0. The Morgan fingerprint density at radius 3 is 2.58 bits per heavy atom. The molecule has 1 N–H and O–H groups in total. The van der Waals surface area contributed by atoms with E-state index in [4.69, 9.17) is 4.74 Å². The van der Waals surface area contributed by atoms with Gasteiger partial charge in [-0.15, -0.1) is 0 Å². The summed E-state index contributed by atoms with van der Waals surface area (Å²) in [6, 6.07) is 7.96. The van der Waals surface area contributed by atoms with Crippen LogP contribution in [0.25, 0.3) is 0 Å². The fraction of sp³-hybridized carbons (Fsp3) is 0.400. The zero-order valence-electron chi connectivity index (χ0n) is 6.72. The lowest BCUT2D eigenvalue weighted by atomic mass is 10.3. The average molecular weight is 165 g/mol. The van der Waals surface area contributed by atoms with Gasteiger partial charge in [-0.25, -0.2) is 0 Å². The molecule has 0 atom stereocenters. The molecule has 1 aliphatic rings. The Kier molecular flexibility index (Phi) is 2.01. The van der Waals surface area contributed by atoms with Gasteiger partial charge in [0.2, 0.25) is 0 Å². The summed E-state index contributed by atoms with van der Waals surface area (Å²) in [5.41, 5.74) is 0.835. The van der Waals surface area contributed by atoms with E-state index >= 15 is 0 Å². The van der Waals surface area contributed by atoms with E-state index in [0.29, 0.717) is 0 Å². The second kappa shape index (κ2) is 2.70. The van der Waals surface area contributed by atoms with Crippen molar-refractivity contribution in [3.8, 4) is 5.75 Å². The highest BCUT2D eigenvalue weighted by atomic mass is 16.5. The molecular formula is C10H15NO. The molecule has 1 heterocycles. The lowest BCUT2D eigenvalue weighted by Crippen LogP contribution is -2.31. The lowest BCUT2D eigenvalue weighted by molar-refractivity contribution is 0.162. The third-order valence-electron chi connectivity index (χ3n) is 1.69. The van der Waals surface area contributed by atoms with Crippen LogP contribution in [0.1, 0.15) is 21.3 Å². The predicted octanol–water partition coefficient (Wildman–Crippen LogP) is 2.86. The highest BCUT2D eigenvalue weighted by Crippen LogP contribution is 2.35. The van der Waals surface area contributed by atoms with Crippen LogP contribution in [0.4, 0.5) is 5.69 Å². The van der Waals surface area contributed by atoms with Gasteiger partial charge in [0.15, 0.2) is 5.72 Å². The first kappa shape index (κ1) is 8.91. The Morgan fingerprint density at radius 1 is 1.25 bits per heavy atom. The molecule has 66 valence electrons. The highest BCUT2D eigenvalue weighted by molar-refractivity contribution is 5.60. The van der Waals surface area contributed by atoms with Gasteiger partial charge in [-0.2, -0.15) is 0 Å².